The second-order valence-corrected chi connectivity index (χ2v) is 4.33. The zero-order valence-corrected chi connectivity index (χ0v) is 9.56. The Kier molecular flexibility index (Phi) is 3.46. The van der Waals surface area contributed by atoms with E-state index in [0.717, 1.165) is 12.3 Å². The zero-order chi connectivity index (χ0) is 12.3. The van der Waals surface area contributed by atoms with Crippen molar-refractivity contribution in [2.75, 3.05) is 12.3 Å². The third kappa shape index (κ3) is 2.87. The minimum absolute atomic E-state index is 0.0437. The third-order valence-corrected chi connectivity index (χ3v) is 3.10. The van der Waals surface area contributed by atoms with Crippen molar-refractivity contribution >= 4 is 11.7 Å². The first-order chi connectivity index (χ1) is 8.16. The Morgan fingerprint density at radius 2 is 2.29 bits per heavy atom. The lowest BCUT2D eigenvalue weighted by Crippen LogP contribution is -2.15. The molecule has 0 spiro atoms. The van der Waals surface area contributed by atoms with Crippen LogP contribution in [-0.4, -0.2) is 22.7 Å². The smallest absolute Gasteiger partial charge is 0.354 e. The number of nitrogens with zero attached hydrogens (tertiary/aromatic N) is 1. The highest BCUT2D eigenvalue weighted by Gasteiger charge is 2.17. The minimum atomic E-state index is -1.08. The highest BCUT2D eigenvalue weighted by atomic mass is 16.5. The highest BCUT2D eigenvalue weighted by Crippen LogP contribution is 2.29. The zero-order valence-electron chi connectivity index (χ0n) is 9.56. The predicted molar refractivity (Wildman–Crippen MR) is 63.1 cm³/mol. The molecule has 0 unspecified atom stereocenters. The van der Waals surface area contributed by atoms with Crippen LogP contribution in [0.4, 0.5) is 5.69 Å². The topological polar surface area (TPSA) is 85.4 Å². The molecule has 0 bridgehead atoms. The van der Waals surface area contributed by atoms with Gasteiger partial charge in [-0.1, -0.05) is 19.3 Å². The van der Waals surface area contributed by atoms with Gasteiger partial charge in [-0.3, -0.25) is 0 Å². The molecule has 5 heteroatoms. The number of nitrogen functional groups attached to an aromatic ring is 1. The molecule has 0 atom stereocenters. The molecule has 1 aliphatic rings. The summed E-state index contributed by atoms with van der Waals surface area (Å²) in [7, 11) is 0. The number of pyridine rings is 1. The first-order valence-corrected chi connectivity index (χ1v) is 5.79. The molecule has 92 valence electrons. The van der Waals surface area contributed by atoms with Crippen LogP contribution in [0.3, 0.4) is 0 Å². The Balaban J connectivity index is 1.93. The molecule has 1 saturated carbocycles. The van der Waals surface area contributed by atoms with Gasteiger partial charge >= 0.3 is 5.97 Å². The second-order valence-electron chi connectivity index (χ2n) is 4.33. The average molecular weight is 236 g/mol. The van der Waals surface area contributed by atoms with Gasteiger partial charge in [0.25, 0.3) is 0 Å². The van der Waals surface area contributed by atoms with Crippen LogP contribution in [0.5, 0.6) is 5.88 Å². The lowest BCUT2D eigenvalue weighted by atomic mass is 9.83. The molecular formula is C12H16N2O3. The van der Waals surface area contributed by atoms with Crippen LogP contribution in [0.1, 0.15) is 36.2 Å². The first kappa shape index (κ1) is 11.7. The largest absolute Gasteiger partial charge is 0.477 e. The fourth-order valence-electron chi connectivity index (χ4n) is 1.79. The average Bonchev–Trinajstić information content (AvgIpc) is 2.23. The van der Waals surface area contributed by atoms with Crippen LogP contribution in [0.25, 0.3) is 0 Å². The summed E-state index contributed by atoms with van der Waals surface area (Å²) in [6, 6.07) is 2.88. The van der Waals surface area contributed by atoms with Gasteiger partial charge in [0.15, 0.2) is 5.69 Å². The van der Waals surface area contributed by atoms with Crippen molar-refractivity contribution in [2.24, 2.45) is 5.92 Å². The Labute approximate surface area is 99.6 Å². The Hall–Kier alpha value is -1.78. The van der Waals surface area contributed by atoms with Gasteiger partial charge in [0, 0.05) is 0 Å². The van der Waals surface area contributed by atoms with Crippen molar-refractivity contribution in [3.63, 3.8) is 0 Å². The van der Waals surface area contributed by atoms with Crippen molar-refractivity contribution in [1.29, 1.82) is 0 Å². The van der Waals surface area contributed by atoms with E-state index in [0.29, 0.717) is 12.3 Å². The molecule has 0 amide bonds. The van der Waals surface area contributed by atoms with E-state index in [1.807, 2.05) is 0 Å². The van der Waals surface area contributed by atoms with E-state index in [9.17, 15) is 4.79 Å². The van der Waals surface area contributed by atoms with Gasteiger partial charge in [-0.15, -0.1) is 0 Å². The maximum absolute atomic E-state index is 10.7. The summed E-state index contributed by atoms with van der Waals surface area (Å²) in [4.78, 5) is 14.6. The summed E-state index contributed by atoms with van der Waals surface area (Å²) in [5, 5.41) is 8.80. The number of hydrogen-bond acceptors (Lipinski definition) is 4. The summed E-state index contributed by atoms with van der Waals surface area (Å²) in [5.74, 6) is -0.100. The van der Waals surface area contributed by atoms with Crippen LogP contribution in [0.2, 0.25) is 0 Å². The van der Waals surface area contributed by atoms with E-state index in [-0.39, 0.29) is 11.6 Å². The molecule has 5 nitrogen and oxygen atoms in total. The van der Waals surface area contributed by atoms with E-state index in [4.69, 9.17) is 15.6 Å². The molecule has 1 aromatic heterocycles. The summed E-state index contributed by atoms with van der Waals surface area (Å²) in [6.07, 6.45) is 4.82. The molecule has 0 aliphatic heterocycles. The van der Waals surface area contributed by atoms with Gasteiger partial charge in [0.05, 0.1) is 12.3 Å². The van der Waals surface area contributed by atoms with Gasteiger partial charge in [-0.05, 0) is 24.5 Å². The SMILES string of the molecule is Nc1ccc(C(=O)O)nc1OCCC1CCC1. The van der Waals surface area contributed by atoms with E-state index >= 15 is 0 Å². The maximum atomic E-state index is 10.7. The first-order valence-electron chi connectivity index (χ1n) is 5.79. The third-order valence-electron chi connectivity index (χ3n) is 3.10. The fraction of sp³-hybridized carbons (Fsp3) is 0.500. The predicted octanol–water partition coefficient (Wildman–Crippen LogP) is 1.93. The van der Waals surface area contributed by atoms with Crippen LogP contribution >= 0.6 is 0 Å². The summed E-state index contributed by atoms with van der Waals surface area (Å²) >= 11 is 0. The number of hydrogen-bond donors (Lipinski definition) is 2. The summed E-state index contributed by atoms with van der Waals surface area (Å²) in [6.45, 7) is 0.547. The van der Waals surface area contributed by atoms with Crippen LogP contribution < -0.4 is 10.5 Å². The summed E-state index contributed by atoms with van der Waals surface area (Å²) in [5.41, 5.74) is 6.01. The lowest BCUT2D eigenvalue weighted by molar-refractivity contribution is 0.0689. The van der Waals surface area contributed by atoms with E-state index < -0.39 is 5.97 Å². The number of carboxylic acid groups (broad SMARTS) is 1. The molecule has 1 aromatic rings. The normalized spacial score (nSPS) is 15.3. The second kappa shape index (κ2) is 5.03. The number of aromatic carboxylic acids is 1. The van der Waals surface area contributed by atoms with Gasteiger partial charge in [-0.2, -0.15) is 0 Å². The minimum Gasteiger partial charge on any atom is -0.477 e. The summed E-state index contributed by atoms with van der Waals surface area (Å²) < 4.78 is 5.43. The maximum Gasteiger partial charge on any atom is 0.354 e. The molecule has 1 heterocycles. The number of aromatic nitrogens is 1. The Bertz CT molecular complexity index is 416. The standard InChI is InChI=1S/C12H16N2O3/c13-9-4-5-10(12(15)16)14-11(9)17-7-6-8-2-1-3-8/h4-5,8H,1-3,6-7,13H2,(H,15,16). The molecule has 3 N–H and O–H groups in total. The van der Waals surface area contributed by atoms with Crippen LogP contribution in [0, 0.1) is 5.92 Å². The molecular weight excluding hydrogens is 220 g/mol. The molecule has 17 heavy (non-hydrogen) atoms. The highest BCUT2D eigenvalue weighted by molar-refractivity contribution is 5.86. The van der Waals surface area contributed by atoms with Crippen molar-refractivity contribution in [1.82, 2.24) is 4.98 Å². The van der Waals surface area contributed by atoms with Crippen molar-refractivity contribution in [3.8, 4) is 5.88 Å². The molecule has 1 aliphatic carbocycles. The number of carbonyl (C=O) groups is 1. The van der Waals surface area contributed by atoms with Crippen molar-refractivity contribution in [3.05, 3.63) is 17.8 Å². The lowest BCUT2D eigenvalue weighted by Gasteiger charge is -2.24. The number of ether oxygens (including phenoxy) is 1. The van der Waals surface area contributed by atoms with Crippen LogP contribution in [-0.2, 0) is 0 Å². The molecule has 0 saturated heterocycles. The Morgan fingerprint density at radius 1 is 1.53 bits per heavy atom. The quantitative estimate of drug-likeness (QED) is 0.815. The number of nitrogens with two attached hydrogens (primary N) is 1. The molecule has 0 radical (unpaired) electrons. The van der Waals surface area contributed by atoms with Crippen molar-refractivity contribution < 1.29 is 14.6 Å². The monoisotopic (exact) mass is 236 g/mol. The molecule has 0 aromatic carbocycles. The van der Waals surface area contributed by atoms with E-state index in [2.05, 4.69) is 4.98 Å². The van der Waals surface area contributed by atoms with E-state index in [1.54, 1.807) is 0 Å². The molecule has 2 rings (SSSR count). The van der Waals surface area contributed by atoms with Gasteiger partial charge < -0.3 is 15.6 Å². The van der Waals surface area contributed by atoms with E-state index in [1.165, 1.54) is 31.4 Å². The van der Waals surface area contributed by atoms with Gasteiger partial charge in [-0.25, -0.2) is 9.78 Å². The Morgan fingerprint density at radius 3 is 2.88 bits per heavy atom. The van der Waals surface area contributed by atoms with Crippen molar-refractivity contribution in [2.45, 2.75) is 25.7 Å². The van der Waals surface area contributed by atoms with Crippen LogP contribution in [0.15, 0.2) is 12.1 Å². The fourth-order valence-corrected chi connectivity index (χ4v) is 1.79. The molecule has 1 fully saturated rings. The van der Waals surface area contributed by atoms with Gasteiger partial charge in [0.2, 0.25) is 5.88 Å². The van der Waals surface area contributed by atoms with Gasteiger partial charge in [0.1, 0.15) is 0 Å². The number of carboxylic acids is 1. The number of rotatable bonds is 5. The number of anilines is 1.